The fourth-order valence-corrected chi connectivity index (χ4v) is 4.04. The van der Waals surface area contributed by atoms with Crippen molar-refractivity contribution >= 4 is 5.76 Å². The highest BCUT2D eigenvalue weighted by atomic mass is 19.3. The molecule has 0 N–H and O–H groups in total. The average molecular weight is 376 g/mol. The van der Waals surface area contributed by atoms with Gasteiger partial charge in [0.05, 0.1) is 23.3 Å². The number of aryl methyl sites for hydroxylation is 1. The van der Waals surface area contributed by atoms with Crippen LogP contribution in [0.3, 0.4) is 0 Å². The first-order chi connectivity index (χ1) is 12.9. The summed E-state index contributed by atoms with van der Waals surface area (Å²) in [7, 11) is 0. The molecule has 0 aromatic heterocycles. The lowest BCUT2D eigenvalue weighted by atomic mass is 9.95. The standard InChI is InChI=1S/C22H20F4O/c1-3-4-13-6-10-17(27-11-13)16-9-8-15-14-7-5-12(2)20(23)18(14)22(25,26)19(15)21(16)24/h5,7-10,13H,3-4,6,11H2,1-2H3. The molecule has 0 fully saturated rings. The van der Waals surface area contributed by atoms with Crippen LogP contribution < -0.4 is 0 Å². The highest BCUT2D eigenvalue weighted by Gasteiger charge is 2.49. The van der Waals surface area contributed by atoms with Gasteiger partial charge in [0, 0.05) is 0 Å². The molecule has 1 heterocycles. The summed E-state index contributed by atoms with van der Waals surface area (Å²) in [6, 6.07) is 5.75. The van der Waals surface area contributed by atoms with E-state index in [0.29, 0.717) is 12.5 Å². The second-order valence-electron chi connectivity index (χ2n) is 7.31. The zero-order valence-corrected chi connectivity index (χ0v) is 15.2. The number of allylic oxidation sites excluding steroid dienone is 1. The van der Waals surface area contributed by atoms with Gasteiger partial charge in [-0.05, 0) is 54.5 Å². The van der Waals surface area contributed by atoms with Crippen LogP contribution in [0.2, 0.25) is 0 Å². The SMILES string of the molecule is CCCC1CC=C(c2ccc3c(c2F)C(F)(F)c2c-3ccc(C)c2F)OC1. The van der Waals surface area contributed by atoms with E-state index in [-0.39, 0.29) is 28.0 Å². The number of ether oxygens (including phenoxy) is 1. The predicted molar refractivity (Wildman–Crippen MR) is 96.5 cm³/mol. The number of fused-ring (bicyclic) bond motifs is 3. The molecule has 0 bridgehead atoms. The van der Waals surface area contributed by atoms with Gasteiger partial charge in [0.1, 0.15) is 17.4 Å². The third-order valence-electron chi connectivity index (χ3n) is 5.47. The van der Waals surface area contributed by atoms with Crippen molar-refractivity contribution < 1.29 is 22.3 Å². The lowest BCUT2D eigenvalue weighted by Crippen LogP contribution is -2.18. The van der Waals surface area contributed by atoms with E-state index < -0.39 is 28.7 Å². The Hall–Kier alpha value is -2.30. The van der Waals surface area contributed by atoms with Gasteiger partial charge < -0.3 is 4.74 Å². The van der Waals surface area contributed by atoms with Crippen molar-refractivity contribution in [2.75, 3.05) is 6.61 Å². The van der Waals surface area contributed by atoms with Crippen molar-refractivity contribution in [1.82, 2.24) is 0 Å². The van der Waals surface area contributed by atoms with Crippen LogP contribution in [0.25, 0.3) is 16.9 Å². The van der Waals surface area contributed by atoms with Crippen LogP contribution in [0.15, 0.2) is 30.3 Å². The van der Waals surface area contributed by atoms with Gasteiger partial charge in [0.2, 0.25) is 0 Å². The highest BCUT2D eigenvalue weighted by Crippen LogP contribution is 2.54. The van der Waals surface area contributed by atoms with Crippen molar-refractivity contribution in [2.45, 2.75) is 39.0 Å². The quantitative estimate of drug-likeness (QED) is 0.551. The Kier molecular flexibility index (Phi) is 4.28. The summed E-state index contributed by atoms with van der Waals surface area (Å²) in [5, 5.41) is 0. The van der Waals surface area contributed by atoms with Crippen LogP contribution in [0.4, 0.5) is 17.6 Å². The first kappa shape index (κ1) is 18.1. The largest absolute Gasteiger partial charge is 0.493 e. The zero-order chi connectivity index (χ0) is 19.3. The number of halogens is 4. The third kappa shape index (κ3) is 2.67. The summed E-state index contributed by atoms with van der Waals surface area (Å²) >= 11 is 0. The molecular formula is C22H20F4O. The van der Waals surface area contributed by atoms with Crippen LogP contribution in [0.1, 0.15) is 48.4 Å². The topological polar surface area (TPSA) is 9.23 Å². The minimum absolute atomic E-state index is 0.00769. The second kappa shape index (κ2) is 6.39. The Balaban J connectivity index is 1.81. The third-order valence-corrected chi connectivity index (χ3v) is 5.47. The Morgan fingerprint density at radius 1 is 1.00 bits per heavy atom. The van der Waals surface area contributed by atoms with Crippen molar-refractivity contribution in [3.63, 3.8) is 0 Å². The molecule has 1 unspecified atom stereocenters. The van der Waals surface area contributed by atoms with E-state index in [0.717, 1.165) is 19.3 Å². The molecule has 142 valence electrons. The molecule has 1 aliphatic heterocycles. The molecule has 0 amide bonds. The molecule has 1 aliphatic carbocycles. The summed E-state index contributed by atoms with van der Waals surface area (Å²) < 4.78 is 65.3. The number of alkyl halides is 2. The Bertz CT molecular complexity index is 946. The van der Waals surface area contributed by atoms with E-state index >= 15 is 13.2 Å². The molecule has 0 radical (unpaired) electrons. The summed E-state index contributed by atoms with van der Waals surface area (Å²) in [5.41, 5.74) is -1.30. The van der Waals surface area contributed by atoms with Crippen LogP contribution in [0, 0.1) is 24.5 Å². The molecule has 1 nitrogen and oxygen atoms in total. The Morgan fingerprint density at radius 2 is 1.63 bits per heavy atom. The van der Waals surface area contributed by atoms with Gasteiger partial charge in [-0.15, -0.1) is 0 Å². The number of hydrogen-bond donors (Lipinski definition) is 0. The van der Waals surface area contributed by atoms with Gasteiger partial charge in [0.15, 0.2) is 0 Å². The van der Waals surface area contributed by atoms with Gasteiger partial charge in [-0.2, -0.15) is 8.78 Å². The van der Waals surface area contributed by atoms with Gasteiger partial charge in [-0.25, -0.2) is 8.78 Å². The lowest BCUT2D eigenvalue weighted by molar-refractivity contribution is 0.0402. The lowest BCUT2D eigenvalue weighted by Gasteiger charge is -2.24. The zero-order valence-electron chi connectivity index (χ0n) is 15.2. The van der Waals surface area contributed by atoms with Gasteiger partial charge >= 0.3 is 5.92 Å². The van der Waals surface area contributed by atoms with Crippen molar-refractivity contribution in [3.05, 3.63) is 64.2 Å². The van der Waals surface area contributed by atoms with Crippen molar-refractivity contribution in [2.24, 2.45) is 5.92 Å². The van der Waals surface area contributed by atoms with Gasteiger partial charge in [-0.3, -0.25) is 0 Å². The number of rotatable bonds is 3. The van der Waals surface area contributed by atoms with E-state index in [4.69, 9.17) is 4.74 Å². The van der Waals surface area contributed by atoms with Crippen molar-refractivity contribution in [3.8, 4) is 11.1 Å². The normalized spacial score (nSPS) is 19.9. The van der Waals surface area contributed by atoms with E-state index in [9.17, 15) is 4.39 Å². The molecule has 0 spiro atoms. The minimum Gasteiger partial charge on any atom is -0.493 e. The minimum atomic E-state index is -3.72. The van der Waals surface area contributed by atoms with Crippen LogP contribution in [0.5, 0.6) is 0 Å². The molecule has 2 aliphatic rings. The molecule has 2 aromatic rings. The summed E-state index contributed by atoms with van der Waals surface area (Å²) in [5.74, 6) is -5.10. The molecule has 2 aromatic carbocycles. The van der Waals surface area contributed by atoms with E-state index in [2.05, 4.69) is 6.92 Å². The fraction of sp³-hybridized carbons (Fsp3) is 0.364. The maximum atomic E-state index is 15.2. The first-order valence-electron chi connectivity index (χ1n) is 9.20. The highest BCUT2D eigenvalue weighted by molar-refractivity contribution is 5.82. The molecule has 0 saturated heterocycles. The van der Waals surface area contributed by atoms with Crippen molar-refractivity contribution in [1.29, 1.82) is 0 Å². The molecular weight excluding hydrogens is 356 g/mol. The Morgan fingerprint density at radius 3 is 2.26 bits per heavy atom. The second-order valence-corrected chi connectivity index (χ2v) is 7.31. The van der Waals surface area contributed by atoms with Gasteiger partial charge in [0.25, 0.3) is 0 Å². The number of hydrogen-bond acceptors (Lipinski definition) is 1. The maximum absolute atomic E-state index is 15.2. The summed E-state index contributed by atoms with van der Waals surface area (Å²) in [6.45, 7) is 3.95. The summed E-state index contributed by atoms with van der Waals surface area (Å²) in [6.07, 6.45) is 4.52. The van der Waals surface area contributed by atoms with Crippen LogP contribution in [-0.2, 0) is 10.7 Å². The Labute approximate surface area is 155 Å². The molecule has 4 rings (SSSR count). The smallest absolute Gasteiger partial charge is 0.305 e. The monoisotopic (exact) mass is 376 g/mol. The number of benzene rings is 2. The fourth-order valence-electron chi connectivity index (χ4n) is 4.04. The van der Waals surface area contributed by atoms with Gasteiger partial charge in [-0.1, -0.05) is 31.5 Å². The van der Waals surface area contributed by atoms with E-state index in [1.54, 1.807) is 6.08 Å². The molecule has 5 heteroatoms. The maximum Gasteiger partial charge on any atom is 0.305 e. The molecule has 1 atom stereocenters. The molecule has 0 saturated carbocycles. The first-order valence-corrected chi connectivity index (χ1v) is 9.20. The molecule has 27 heavy (non-hydrogen) atoms. The van der Waals surface area contributed by atoms with Crippen LogP contribution >= 0.6 is 0 Å². The average Bonchev–Trinajstić information content (AvgIpc) is 2.88. The predicted octanol–water partition coefficient (Wildman–Crippen LogP) is 6.57. The van der Waals surface area contributed by atoms with E-state index in [1.165, 1.54) is 31.2 Å². The van der Waals surface area contributed by atoms with Crippen LogP contribution in [-0.4, -0.2) is 6.61 Å². The van der Waals surface area contributed by atoms with E-state index in [1.807, 2.05) is 0 Å². The summed E-state index contributed by atoms with van der Waals surface area (Å²) in [4.78, 5) is 0.